The van der Waals surface area contributed by atoms with Gasteiger partial charge in [0.15, 0.2) is 0 Å². The molecule has 0 bridgehead atoms. The lowest BCUT2D eigenvalue weighted by Gasteiger charge is -2.33. The highest BCUT2D eigenvalue weighted by Crippen LogP contribution is 2.31. The minimum absolute atomic E-state index is 0.450. The second-order valence-corrected chi connectivity index (χ2v) is 6.93. The van der Waals surface area contributed by atoms with Gasteiger partial charge in [0.1, 0.15) is 0 Å². The number of alkyl halides is 3. The minimum atomic E-state index is -5.27. The third-order valence-electron chi connectivity index (χ3n) is 3.72. The van der Waals surface area contributed by atoms with Crippen LogP contribution < -0.4 is 10.2 Å². The van der Waals surface area contributed by atoms with Crippen molar-refractivity contribution in [2.45, 2.75) is 29.3 Å². The van der Waals surface area contributed by atoms with Crippen LogP contribution in [0.15, 0.2) is 29.2 Å². The van der Waals surface area contributed by atoms with E-state index >= 15 is 0 Å². The molecule has 2 rings (SSSR count). The fraction of sp³-hybridized carbons (Fsp3) is 0.538. The van der Waals surface area contributed by atoms with Crippen molar-refractivity contribution in [3.05, 3.63) is 24.3 Å². The van der Waals surface area contributed by atoms with Crippen molar-refractivity contribution in [3.63, 3.8) is 0 Å². The number of benzene rings is 1. The molecule has 0 radical (unpaired) electrons. The van der Waals surface area contributed by atoms with Crippen LogP contribution in [0.2, 0.25) is 0 Å². The van der Waals surface area contributed by atoms with E-state index < -0.39 is 20.2 Å². The van der Waals surface area contributed by atoms with Crippen molar-refractivity contribution >= 4 is 15.5 Å². The quantitative estimate of drug-likeness (QED) is 0.926. The van der Waals surface area contributed by atoms with E-state index in [1.165, 1.54) is 12.1 Å². The maximum Gasteiger partial charge on any atom is 0.501 e. The van der Waals surface area contributed by atoms with Crippen LogP contribution in [-0.4, -0.2) is 40.1 Å². The van der Waals surface area contributed by atoms with Gasteiger partial charge in [-0.05, 0) is 44.2 Å². The van der Waals surface area contributed by atoms with E-state index in [1.807, 2.05) is 11.9 Å². The molecular formula is C13H17F3N2O2S. The number of hydrogen-bond acceptors (Lipinski definition) is 4. The summed E-state index contributed by atoms with van der Waals surface area (Å²) in [7, 11) is -3.37. The van der Waals surface area contributed by atoms with Gasteiger partial charge in [0.25, 0.3) is 9.84 Å². The SMILES string of the molecule is CNC1CCN(c2ccc(S(=O)(=O)C(F)(F)F)cc2)CC1. The van der Waals surface area contributed by atoms with Gasteiger partial charge in [-0.2, -0.15) is 13.2 Å². The highest BCUT2D eigenvalue weighted by atomic mass is 32.2. The first-order valence-electron chi connectivity index (χ1n) is 6.59. The normalized spacial score (nSPS) is 18.0. The number of rotatable bonds is 3. The Bertz CT molecular complexity index is 576. The van der Waals surface area contributed by atoms with Crippen LogP contribution in [0.3, 0.4) is 0 Å². The molecule has 0 aliphatic carbocycles. The lowest BCUT2D eigenvalue weighted by atomic mass is 10.0. The maximum atomic E-state index is 12.5. The predicted molar refractivity (Wildman–Crippen MR) is 74.0 cm³/mol. The largest absolute Gasteiger partial charge is 0.501 e. The van der Waals surface area contributed by atoms with E-state index in [0.717, 1.165) is 43.8 Å². The molecule has 1 fully saturated rings. The van der Waals surface area contributed by atoms with Crippen molar-refractivity contribution in [1.29, 1.82) is 0 Å². The monoisotopic (exact) mass is 322 g/mol. The summed E-state index contributed by atoms with van der Waals surface area (Å²) in [6, 6.07) is 5.34. The summed E-state index contributed by atoms with van der Waals surface area (Å²) in [5.41, 5.74) is -4.52. The van der Waals surface area contributed by atoms with Crippen LogP contribution in [0.5, 0.6) is 0 Å². The zero-order chi connectivity index (χ0) is 15.7. The van der Waals surface area contributed by atoms with Crippen LogP contribution >= 0.6 is 0 Å². The van der Waals surface area contributed by atoms with Gasteiger partial charge in [0.05, 0.1) is 4.90 Å². The Morgan fingerprint density at radius 2 is 1.67 bits per heavy atom. The van der Waals surface area contributed by atoms with Crippen LogP contribution in [0.4, 0.5) is 18.9 Å². The first kappa shape index (κ1) is 16.1. The van der Waals surface area contributed by atoms with Crippen molar-refractivity contribution < 1.29 is 21.6 Å². The highest BCUT2D eigenvalue weighted by Gasteiger charge is 2.46. The fourth-order valence-electron chi connectivity index (χ4n) is 2.40. The van der Waals surface area contributed by atoms with Gasteiger partial charge < -0.3 is 10.2 Å². The molecule has 0 atom stereocenters. The van der Waals surface area contributed by atoms with Gasteiger partial charge in [-0.3, -0.25) is 0 Å². The molecule has 0 aromatic heterocycles. The van der Waals surface area contributed by atoms with E-state index in [1.54, 1.807) is 0 Å². The molecule has 118 valence electrons. The zero-order valence-electron chi connectivity index (χ0n) is 11.5. The molecule has 1 aromatic rings. The molecular weight excluding hydrogens is 305 g/mol. The Morgan fingerprint density at radius 3 is 2.10 bits per heavy atom. The minimum Gasteiger partial charge on any atom is -0.371 e. The summed E-state index contributed by atoms with van der Waals surface area (Å²) in [5, 5.41) is 3.19. The number of halogens is 3. The zero-order valence-corrected chi connectivity index (χ0v) is 12.3. The third-order valence-corrected chi connectivity index (χ3v) is 5.22. The summed E-state index contributed by atoms with van der Waals surface area (Å²) in [6.45, 7) is 1.58. The lowest BCUT2D eigenvalue weighted by Crippen LogP contribution is -2.41. The third kappa shape index (κ3) is 3.32. The maximum absolute atomic E-state index is 12.5. The van der Waals surface area contributed by atoms with E-state index in [0.29, 0.717) is 6.04 Å². The van der Waals surface area contributed by atoms with E-state index in [9.17, 15) is 21.6 Å². The molecule has 4 nitrogen and oxygen atoms in total. The summed E-state index contributed by atoms with van der Waals surface area (Å²) in [5.74, 6) is 0. The Balaban J connectivity index is 2.14. The molecule has 1 saturated heterocycles. The molecule has 1 heterocycles. The predicted octanol–water partition coefficient (Wildman–Crippen LogP) is 2.17. The van der Waals surface area contributed by atoms with E-state index in [4.69, 9.17) is 0 Å². The van der Waals surface area contributed by atoms with Gasteiger partial charge in [-0.25, -0.2) is 8.42 Å². The van der Waals surface area contributed by atoms with Gasteiger partial charge in [-0.15, -0.1) is 0 Å². The first-order valence-corrected chi connectivity index (χ1v) is 8.07. The second kappa shape index (κ2) is 5.84. The van der Waals surface area contributed by atoms with Crippen molar-refractivity contribution in [2.24, 2.45) is 0 Å². The second-order valence-electron chi connectivity index (χ2n) is 4.99. The molecule has 1 N–H and O–H groups in total. The topological polar surface area (TPSA) is 49.4 Å². The molecule has 8 heteroatoms. The smallest absolute Gasteiger partial charge is 0.371 e. The Morgan fingerprint density at radius 1 is 1.14 bits per heavy atom. The number of sulfone groups is 1. The van der Waals surface area contributed by atoms with Gasteiger partial charge in [0.2, 0.25) is 0 Å². The molecule has 1 aromatic carbocycles. The molecule has 1 aliphatic rings. The average molecular weight is 322 g/mol. The summed E-state index contributed by atoms with van der Waals surface area (Å²) < 4.78 is 59.9. The fourth-order valence-corrected chi connectivity index (χ4v) is 3.16. The first-order chi connectivity index (χ1) is 9.75. The Kier molecular flexibility index (Phi) is 4.48. The van der Waals surface area contributed by atoms with Crippen molar-refractivity contribution in [1.82, 2.24) is 5.32 Å². The number of hydrogen-bond donors (Lipinski definition) is 1. The summed E-state index contributed by atoms with van der Waals surface area (Å²) >= 11 is 0. The standard InChI is InChI=1S/C13H17F3N2O2S/c1-17-10-6-8-18(9-7-10)11-2-4-12(5-3-11)21(19,20)13(14,15)16/h2-5,10,17H,6-9H2,1H3. The molecule has 0 spiro atoms. The van der Waals surface area contributed by atoms with Crippen LogP contribution in [0.25, 0.3) is 0 Å². The van der Waals surface area contributed by atoms with E-state index in [2.05, 4.69) is 5.32 Å². The van der Waals surface area contributed by atoms with Gasteiger partial charge in [0, 0.05) is 24.8 Å². The van der Waals surface area contributed by atoms with Crippen molar-refractivity contribution in [2.75, 3.05) is 25.0 Å². The molecule has 0 unspecified atom stereocenters. The number of anilines is 1. The molecule has 1 aliphatic heterocycles. The number of nitrogens with one attached hydrogen (secondary N) is 1. The van der Waals surface area contributed by atoms with Gasteiger partial charge >= 0.3 is 5.51 Å². The van der Waals surface area contributed by atoms with Crippen LogP contribution in [0, 0.1) is 0 Å². The Hall–Kier alpha value is -1.28. The average Bonchev–Trinajstić information content (AvgIpc) is 2.46. The van der Waals surface area contributed by atoms with Gasteiger partial charge in [-0.1, -0.05) is 0 Å². The van der Waals surface area contributed by atoms with Crippen molar-refractivity contribution in [3.8, 4) is 0 Å². The number of nitrogens with zero attached hydrogens (tertiary/aromatic N) is 1. The summed E-state index contributed by atoms with van der Waals surface area (Å²) in [4.78, 5) is 1.32. The van der Waals surface area contributed by atoms with Crippen LogP contribution in [0.1, 0.15) is 12.8 Å². The van der Waals surface area contributed by atoms with E-state index in [-0.39, 0.29) is 0 Å². The lowest BCUT2D eigenvalue weighted by molar-refractivity contribution is -0.0436. The molecule has 0 amide bonds. The molecule has 21 heavy (non-hydrogen) atoms. The highest BCUT2D eigenvalue weighted by molar-refractivity contribution is 7.92. The summed E-state index contributed by atoms with van der Waals surface area (Å²) in [6.07, 6.45) is 1.89. The number of piperidine rings is 1. The Labute approximate surface area is 121 Å². The van der Waals surface area contributed by atoms with Crippen LogP contribution in [-0.2, 0) is 9.84 Å². The molecule has 0 saturated carbocycles.